The van der Waals surface area contributed by atoms with Gasteiger partial charge in [0.25, 0.3) is 0 Å². The molecule has 1 fully saturated rings. The van der Waals surface area contributed by atoms with Crippen molar-refractivity contribution in [1.29, 1.82) is 0 Å². The average molecular weight is 335 g/mol. The Morgan fingerprint density at radius 3 is 2.57 bits per heavy atom. The maximum atomic E-state index is 12.5. The Labute approximate surface area is 132 Å². The van der Waals surface area contributed by atoms with Crippen LogP contribution in [0.4, 0.5) is 0 Å². The minimum absolute atomic E-state index is 0. The van der Waals surface area contributed by atoms with Crippen LogP contribution in [-0.4, -0.2) is 44.3 Å². The molecule has 1 aromatic carbocycles. The summed E-state index contributed by atoms with van der Waals surface area (Å²) in [6.07, 6.45) is 1.59. The molecule has 1 saturated heterocycles. The molecule has 7 heteroatoms. The zero-order valence-corrected chi connectivity index (χ0v) is 13.6. The normalized spacial score (nSPS) is 18.7. The van der Waals surface area contributed by atoms with Gasteiger partial charge in [-0.2, -0.15) is 4.31 Å². The van der Waals surface area contributed by atoms with Crippen LogP contribution in [0.3, 0.4) is 0 Å². The van der Waals surface area contributed by atoms with Crippen molar-refractivity contribution in [3.8, 4) is 0 Å². The highest BCUT2D eigenvalue weighted by Crippen LogP contribution is 2.17. The molecular weight excluding hydrogens is 312 g/mol. The quantitative estimate of drug-likeness (QED) is 0.817. The second-order valence-electron chi connectivity index (χ2n) is 5.02. The monoisotopic (exact) mass is 334 g/mol. The average Bonchev–Trinajstić information content (AvgIpc) is 2.91. The molecule has 5 nitrogen and oxygen atoms in total. The first kappa shape index (κ1) is 18.4. The first-order valence-electron chi connectivity index (χ1n) is 6.95. The second kappa shape index (κ2) is 8.70. The van der Waals surface area contributed by atoms with E-state index in [1.807, 2.05) is 30.3 Å². The summed E-state index contributed by atoms with van der Waals surface area (Å²) in [5.41, 5.74) is 6.52. The largest absolute Gasteiger partial charge is 0.377 e. The summed E-state index contributed by atoms with van der Waals surface area (Å²) in [6.45, 7) is 1.68. The topological polar surface area (TPSA) is 72.6 Å². The number of benzene rings is 1. The SMILES string of the molecule is Cl.NCCN(Cc1ccccc1)S(=O)(=O)CC1CCCO1. The van der Waals surface area contributed by atoms with Gasteiger partial charge in [0, 0.05) is 26.2 Å². The fourth-order valence-corrected chi connectivity index (χ4v) is 4.04. The molecule has 2 N–H and O–H groups in total. The molecule has 21 heavy (non-hydrogen) atoms. The predicted molar refractivity (Wildman–Crippen MR) is 85.9 cm³/mol. The van der Waals surface area contributed by atoms with E-state index in [1.165, 1.54) is 4.31 Å². The van der Waals surface area contributed by atoms with E-state index >= 15 is 0 Å². The number of hydrogen-bond donors (Lipinski definition) is 1. The van der Waals surface area contributed by atoms with Crippen LogP contribution in [0.5, 0.6) is 0 Å². The van der Waals surface area contributed by atoms with Crippen molar-refractivity contribution < 1.29 is 13.2 Å². The first-order valence-corrected chi connectivity index (χ1v) is 8.56. The molecule has 1 aromatic rings. The molecule has 0 radical (unpaired) electrons. The van der Waals surface area contributed by atoms with E-state index in [1.54, 1.807) is 0 Å². The van der Waals surface area contributed by atoms with Crippen LogP contribution in [-0.2, 0) is 21.3 Å². The number of nitrogens with two attached hydrogens (primary N) is 1. The molecule has 0 aliphatic carbocycles. The van der Waals surface area contributed by atoms with Crippen molar-refractivity contribution in [3.63, 3.8) is 0 Å². The van der Waals surface area contributed by atoms with Gasteiger partial charge in [-0.05, 0) is 18.4 Å². The van der Waals surface area contributed by atoms with Gasteiger partial charge in [-0.1, -0.05) is 30.3 Å². The van der Waals surface area contributed by atoms with Crippen LogP contribution in [0.25, 0.3) is 0 Å². The Kier molecular flexibility index (Phi) is 7.62. The Hall–Kier alpha value is -0.660. The van der Waals surface area contributed by atoms with Gasteiger partial charge in [-0.3, -0.25) is 0 Å². The fraction of sp³-hybridized carbons (Fsp3) is 0.571. The van der Waals surface area contributed by atoms with Gasteiger partial charge in [-0.25, -0.2) is 8.42 Å². The summed E-state index contributed by atoms with van der Waals surface area (Å²) in [5, 5.41) is 0. The lowest BCUT2D eigenvalue weighted by Crippen LogP contribution is -2.39. The molecule has 0 spiro atoms. The summed E-state index contributed by atoms with van der Waals surface area (Å²) in [7, 11) is -3.34. The number of ether oxygens (including phenoxy) is 1. The molecule has 0 amide bonds. The molecule has 1 atom stereocenters. The highest BCUT2D eigenvalue weighted by atomic mass is 35.5. The minimum Gasteiger partial charge on any atom is -0.377 e. The van der Waals surface area contributed by atoms with Gasteiger partial charge in [0.05, 0.1) is 11.9 Å². The van der Waals surface area contributed by atoms with Crippen LogP contribution in [0, 0.1) is 0 Å². The third-order valence-electron chi connectivity index (χ3n) is 3.39. The van der Waals surface area contributed by atoms with Gasteiger partial charge < -0.3 is 10.5 Å². The molecule has 1 aliphatic rings. The molecular formula is C14H23ClN2O3S. The van der Waals surface area contributed by atoms with Gasteiger partial charge in [0.2, 0.25) is 10.0 Å². The van der Waals surface area contributed by atoms with Crippen LogP contribution >= 0.6 is 12.4 Å². The van der Waals surface area contributed by atoms with Crippen LogP contribution < -0.4 is 5.73 Å². The lowest BCUT2D eigenvalue weighted by Gasteiger charge is -2.23. The molecule has 0 bridgehead atoms. The zero-order valence-electron chi connectivity index (χ0n) is 12.0. The minimum atomic E-state index is -3.34. The number of nitrogens with zero attached hydrogens (tertiary/aromatic N) is 1. The Balaban J connectivity index is 0.00000220. The number of halogens is 1. The Bertz CT molecular complexity index is 504. The van der Waals surface area contributed by atoms with Crippen molar-refractivity contribution in [1.82, 2.24) is 4.31 Å². The summed E-state index contributed by atoms with van der Waals surface area (Å²) >= 11 is 0. The van der Waals surface area contributed by atoms with E-state index in [0.717, 1.165) is 18.4 Å². The van der Waals surface area contributed by atoms with Gasteiger partial charge in [0.15, 0.2) is 0 Å². The summed E-state index contributed by atoms with van der Waals surface area (Å²) in [5.74, 6) is 0.0554. The number of sulfonamides is 1. The maximum Gasteiger partial charge on any atom is 0.217 e. The molecule has 0 saturated carbocycles. The maximum absolute atomic E-state index is 12.5. The van der Waals surface area contributed by atoms with Crippen molar-refractivity contribution in [3.05, 3.63) is 35.9 Å². The third-order valence-corrected chi connectivity index (χ3v) is 5.29. The standard InChI is InChI=1S/C14H22N2O3S.ClH/c15-8-9-16(11-13-5-2-1-3-6-13)20(17,18)12-14-7-4-10-19-14;/h1-3,5-6,14H,4,7-12,15H2;1H. The highest BCUT2D eigenvalue weighted by Gasteiger charge is 2.28. The van der Waals surface area contributed by atoms with E-state index in [-0.39, 0.29) is 24.3 Å². The Morgan fingerprint density at radius 2 is 2.00 bits per heavy atom. The van der Waals surface area contributed by atoms with E-state index in [4.69, 9.17) is 10.5 Å². The predicted octanol–water partition coefficient (Wildman–Crippen LogP) is 1.38. The van der Waals surface area contributed by atoms with E-state index < -0.39 is 10.0 Å². The molecule has 0 aromatic heterocycles. The van der Waals surface area contributed by atoms with E-state index in [9.17, 15) is 8.42 Å². The van der Waals surface area contributed by atoms with Crippen molar-refractivity contribution in [2.75, 3.05) is 25.4 Å². The van der Waals surface area contributed by atoms with Gasteiger partial charge in [-0.15, -0.1) is 12.4 Å². The van der Waals surface area contributed by atoms with Crippen LogP contribution in [0.15, 0.2) is 30.3 Å². The summed E-state index contributed by atoms with van der Waals surface area (Å²) in [6, 6.07) is 9.57. The smallest absolute Gasteiger partial charge is 0.217 e. The zero-order chi connectivity index (χ0) is 14.4. The van der Waals surface area contributed by atoms with Crippen molar-refractivity contribution in [2.45, 2.75) is 25.5 Å². The number of hydrogen-bond acceptors (Lipinski definition) is 4. The molecule has 2 rings (SSSR count). The second-order valence-corrected chi connectivity index (χ2v) is 7.03. The van der Waals surface area contributed by atoms with Crippen molar-refractivity contribution >= 4 is 22.4 Å². The molecule has 120 valence electrons. The summed E-state index contributed by atoms with van der Waals surface area (Å²) in [4.78, 5) is 0. The van der Waals surface area contributed by atoms with Gasteiger partial charge in [0.1, 0.15) is 0 Å². The molecule has 1 unspecified atom stereocenters. The number of rotatable bonds is 7. The lowest BCUT2D eigenvalue weighted by atomic mass is 10.2. The lowest BCUT2D eigenvalue weighted by molar-refractivity contribution is 0.126. The fourth-order valence-electron chi connectivity index (χ4n) is 2.36. The van der Waals surface area contributed by atoms with E-state index in [2.05, 4.69) is 0 Å². The van der Waals surface area contributed by atoms with E-state index in [0.29, 0.717) is 26.2 Å². The first-order chi connectivity index (χ1) is 9.62. The third kappa shape index (κ3) is 5.56. The van der Waals surface area contributed by atoms with Gasteiger partial charge >= 0.3 is 0 Å². The molecule has 1 aliphatic heterocycles. The highest BCUT2D eigenvalue weighted by molar-refractivity contribution is 7.89. The van der Waals surface area contributed by atoms with Crippen LogP contribution in [0.1, 0.15) is 18.4 Å². The molecule has 1 heterocycles. The summed E-state index contributed by atoms with van der Waals surface area (Å²) < 4.78 is 31.8. The van der Waals surface area contributed by atoms with Crippen LogP contribution in [0.2, 0.25) is 0 Å². The van der Waals surface area contributed by atoms with Crippen molar-refractivity contribution in [2.24, 2.45) is 5.73 Å². The Morgan fingerprint density at radius 1 is 1.29 bits per heavy atom.